The van der Waals surface area contributed by atoms with Crippen LogP contribution in [-0.2, 0) is 15.4 Å². The first-order chi connectivity index (χ1) is 18.1. The van der Waals surface area contributed by atoms with E-state index in [1.54, 1.807) is 4.90 Å². The van der Waals surface area contributed by atoms with E-state index in [1.165, 1.54) is 34.3 Å². The third-order valence-corrected chi connectivity index (χ3v) is 10.2. The van der Waals surface area contributed by atoms with Gasteiger partial charge < -0.3 is 10.2 Å². The molecule has 3 unspecified atom stereocenters. The number of fused-ring (bicyclic) bond motifs is 1. The summed E-state index contributed by atoms with van der Waals surface area (Å²) in [7, 11) is -3.41. The number of carbonyl (C=O) groups excluding carboxylic acids is 1. The monoisotopic (exact) mass is 558 g/mol. The molecule has 0 radical (unpaired) electrons. The van der Waals surface area contributed by atoms with Crippen molar-refractivity contribution >= 4 is 33.3 Å². The highest BCUT2D eigenvalue weighted by Crippen LogP contribution is 2.63. The van der Waals surface area contributed by atoms with Gasteiger partial charge in [-0.05, 0) is 85.8 Å². The average Bonchev–Trinajstić information content (AvgIpc) is 3.64. The average molecular weight is 559 g/mol. The van der Waals surface area contributed by atoms with Crippen molar-refractivity contribution < 1.29 is 17.6 Å². The second-order valence-electron chi connectivity index (χ2n) is 10.9. The normalized spacial score (nSPS) is 27.2. The molecule has 1 heterocycles. The molecule has 4 atom stereocenters. The van der Waals surface area contributed by atoms with Crippen LogP contribution in [-0.4, -0.2) is 55.1 Å². The zero-order valence-corrected chi connectivity index (χ0v) is 22.9. The summed E-state index contributed by atoms with van der Waals surface area (Å²) < 4.78 is 40.3. The summed E-state index contributed by atoms with van der Waals surface area (Å²) >= 11 is 5.94. The highest BCUT2D eigenvalue weighted by Gasteiger charge is 2.58. The van der Waals surface area contributed by atoms with Crippen molar-refractivity contribution in [3.63, 3.8) is 0 Å². The minimum absolute atomic E-state index is 0.0413. The Morgan fingerprint density at radius 3 is 2.79 bits per heavy atom. The number of benzene rings is 2. The van der Waals surface area contributed by atoms with Gasteiger partial charge in [0.05, 0.1) is 22.9 Å². The third-order valence-electron chi connectivity index (χ3n) is 8.56. The standard InChI is InChI=1S/C28H32ClFN4O3S/c1-38(36,37)34-12-3-2-7-24(34)18-33(27(35)32-22-8-9-26(30)25(29)15-22)23-10-11-28(16-21(28)14-23)20-6-4-5-19(13-20)17-31/h4-6,8-9,13,15,21,23-24H,2-3,7,10-12,14,16,18H2,1H3,(H,32,35)/t21?,23?,24?,28-/m1/s1. The second-order valence-corrected chi connectivity index (χ2v) is 13.3. The fourth-order valence-electron chi connectivity index (χ4n) is 6.53. The molecular formula is C28H32ClFN4O3S. The third kappa shape index (κ3) is 5.40. The van der Waals surface area contributed by atoms with Crippen LogP contribution in [0.2, 0.25) is 5.02 Å². The predicted molar refractivity (Wildman–Crippen MR) is 145 cm³/mol. The molecule has 2 aromatic carbocycles. The maximum Gasteiger partial charge on any atom is 0.322 e. The molecule has 3 aliphatic rings. The van der Waals surface area contributed by atoms with Gasteiger partial charge in [0.2, 0.25) is 10.0 Å². The van der Waals surface area contributed by atoms with Crippen molar-refractivity contribution in [3.8, 4) is 6.07 Å². The van der Waals surface area contributed by atoms with Gasteiger partial charge in [0.1, 0.15) is 5.82 Å². The molecule has 0 bridgehead atoms. The molecule has 7 nitrogen and oxygen atoms in total. The lowest BCUT2D eigenvalue weighted by molar-refractivity contribution is 0.127. The maximum absolute atomic E-state index is 13.7. The first-order valence-corrected chi connectivity index (χ1v) is 15.3. The van der Waals surface area contributed by atoms with E-state index in [-0.39, 0.29) is 28.6 Å². The zero-order chi connectivity index (χ0) is 27.1. The molecule has 1 N–H and O–H groups in total. The summed E-state index contributed by atoms with van der Waals surface area (Å²) in [6.45, 7) is 0.750. The molecule has 10 heteroatoms. The van der Waals surface area contributed by atoms with Gasteiger partial charge in [0.15, 0.2) is 0 Å². The number of sulfonamides is 1. The molecule has 2 saturated carbocycles. The van der Waals surface area contributed by atoms with Crippen molar-refractivity contribution in [1.82, 2.24) is 9.21 Å². The number of amides is 2. The number of hydrogen-bond donors (Lipinski definition) is 1. The van der Waals surface area contributed by atoms with Crippen LogP contribution in [0.15, 0.2) is 42.5 Å². The maximum atomic E-state index is 13.7. The number of urea groups is 1. The van der Waals surface area contributed by atoms with Crippen LogP contribution in [0, 0.1) is 23.1 Å². The largest absolute Gasteiger partial charge is 0.322 e. The molecule has 1 aliphatic heterocycles. The van der Waals surface area contributed by atoms with Gasteiger partial charge in [-0.3, -0.25) is 0 Å². The van der Waals surface area contributed by atoms with Crippen LogP contribution < -0.4 is 5.32 Å². The molecule has 38 heavy (non-hydrogen) atoms. The van der Waals surface area contributed by atoms with E-state index in [4.69, 9.17) is 11.6 Å². The van der Waals surface area contributed by atoms with Gasteiger partial charge >= 0.3 is 6.03 Å². The fraction of sp³-hybridized carbons (Fsp3) is 0.500. The van der Waals surface area contributed by atoms with Crippen LogP contribution >= 0.6 is 11.6 Å². The number of nitriles is 1. The van der Waals surface area contributed by atoms with Crippen molar-refractivity contribution in [3.05, 3.63) is 64.4 Å². The Bertz CT molecular complexity index is 1380. The molecule has 0 spiro atoms. The zero-order valence-electron chi connectivity index (χ0n) is 21.4. The Morgan fingerprint density at radius 1 is 1.26 bits per heavy atom. The van der Waals surface area contributed by atoms with Crippen molar-refractivity contribution in [2.45, 2.75) is 62.4 Å². The van der Waals surface area contributed by atoms with E-state index >= 15 is 0 Å². The van der Waals surface area contributed by atoms with Gasteiger partial charge in [0.25, 0.3) is 0 Å². The first kappa shape index (κ1) is 26.9. The number of nitrogens with one attached hydrogen (secondary N) is 1. The Kier molecular flexibility index (Phi) is 7.42. The van der Waals surface area contributed by atoms with Crippen molar-refractivity contribution in [1.29, 1.82) is 5.26 Å². The molecule has 0 aromatic heterocycles. The predicted octanol–water partition coefficient (Wildman–Crippen LogP) is 5.51. The molecule has 5 rings (SSSR count). The lowest BCUT2D eigenvalue weighted by Crippen LogP contribution is -2.54. The number of hydrogen-bond acceptors (Lipinski definition) is 4. The van der Waals surface area contributed by atoms with Crippen LogP contribution in [0.5, 0.6) is 0 Å². The number of anilines is 1. The Hall–Kier alpha value is -2.67. The Balaban J connectivity index is 1.38. The summed E-state index contributed by atoms with van der Waals surface area (Å²) in [6.07, 6.45) is 7.12. The summed E-state index contributed by atoms with van der Waals surface area (Å²) in [5, 5.41) is 12.1. The summed E-state index contributed by atoms with van der Waals surface area (Å²) in [6, 6.07) is 13.4. The molecule has 1 saturated heterocycles. The van der Waals surface area contributed by atoms with E-state index in [1.807, 2.05) is 18.2 Å². The van der Waals surface area contributed by atoms with E-state index < -0.39 is 15.8 Å². The quantitative estimate of drug-likeness (QED) is 0.506. The van der Waals surface area contributed by atoms with Gasteiger partial charge in [-0.15, -0.1) is 0 Å². The summed E-state index contributed by atoms with van der Waals surface area (Å²) in [4.78, 5) is 15.5. The minimum atomic E-state index is -3.41. The molecule has 2 aromatic rings. The van der Waals surface area contributed by atoms with E-state index in [2.05, 4.69) is 17.5 Å². The molecule has 3 fully saturated rings. The lowest BCUT2D eigenvalue weighted by Gasteiger charge is -2.42. The molecule has 202 valence electrons. The van der Waals surface area contributed by atoms with E-state index in [9.17, 15) is 22.9 Å². The number of halogens is 2. The number of rotatable bonds is 6. The van der Waals surface area contributed by atoms with Gasteiger partial charge in [0, 0.05) is 30.9 Å². The van der Waals surface area contributed by atoms with Crippen molar-refractivity contribution in [2.75, 3.05) is 24.7 Å². The SMILES string of the molecule is CS(=O)(=O)N1CCCCC1CN(C(=O)Nc1ccc(F)c(Cl)c1)C1CC[C@]2(c3cccc(C#N)c3)CC2C1. The smallest absolute Gasteiger partial charge is 0.320 e. The summed E-state index contributed by atoms with van der Waals surface area (Å²) in [5.74, 6) is -0.173. The Morgan fingerprint density at radius 2 is 2.08 bits per heavy atom. The number of nitrogens with zero attached hydrogens (tertiary/aromatic N) is 3. The molecule has 2 aliphatic carbocycles. The topological polar surface area (TPSA) is 93.5 Å². The van der Waals surface area contributed by atoms with E-state index in [0.29, 0.717) is 36.7 Å². The Labute approximate surface area is 228 Å². The molecule has 2 amide bonds. The lowest BCUT2D eigenvalue weighted by atomic mass is 9.80. The van der Waals surface area contributed by atoms with Crippen molar-refractivity contribution in [2.24, 2.45) is 5.92 Å². The van der Waals surface area contributed by atoms with Crippen LogP contribution in [0.1, 0.15) is 56.1 Å². The number of piperidine rings is 1. The summed E-state index contributed by atoms with van der Waals surface area (Å²) in [5.41, 5.74) is 2.27. The van der Waals surface area contributed by atoms with Crippen LogP contribution in [0.3, 0.4) is 0 Å². The second kappa shape index (κ2) is 10.5. The highest BCUT2D eigenvalue weighted by molar-refractivity contribution is 7.88. The fourth-order valence-corrected chi connectivity index (χ4v) is 7.89. The van der Waals surface area contributed by atoms with Crippen LogP contribution in [0.4, 0.5) is 14.9 Å². The van der Waals surface area contributed by atoms with Crippen LogP contribution in [0.25, 0.3) is 0 Å². The van der Waals surface area contributed by atoms with Gasteiger partial charge in [-0.2, -0.15) is 9.57 Å². The van der Waals surface area contributed by atoms with Gasteiger partial charge in [-0.1, -0.05) is 30.2 Å². The first-order valence-electron chi connectivity index (χ1n) is 13.1. The number of carbonyl (C=O) groups is 1. The highest BCUT2D eigenvalue weighted by atomic mass is 35.5. The van der Waals surface area contributed by atoms with E-state index in [0.717, 1.165) is 38.5 Å². The van der Waals surface area contributed by atoms with Gasteiger partial charge in [-0.25, -0.2) is 17.6 Å². The molecular weight excluding hydrogens is 527 g/mol. The minimum Gasteiger partial charge on any atom is -0.320 e.